The lowest BCUT2D eigenvalue weighted by Gasteiger charge is -2.29. The highest BCUT2D eigenvalue weighted by atomic mass is 19.1. The Morgan fingerprint density at radius 3 is 2.58 bits per heavy atom. The van der Waals surface area contributed by atoms with E-state index in [1.807, 2.05) is 24.8 Å². The minimum Gasteiger partial charge on any atom is -0.383 e. The van der Waals surface area contributed by atoms with E-state index in [1.54, 1.807) is 19.2 Å². The standard InChI is InChI=1S/C26H35FN2O2/c1-19(2)26(30)29(12-13-31-4)17-23-16-28(15-21-10-8-20(3)9-11-21)18-25(23)22-6-5-7-24(27)14-22/h5-11,14,19,23,25H,12-13,15-18H2,1-4H3/t23-,25-/m0/s1. The summed E-state index contributed by atoms with van der Waals surface area (Å²) in [5.74, 6) is 0.308. The van der Waals surface area contributed by atoms with Crippen LogP contribution in [0.1, 0.15) is 36.5 Å². The molecule has 3 rings (SSSR count). The molecule has 2 aromatic rings. The largest absolute Gasteiger partial charge is 0.383 e. The molecule has 1 heterocycles. The predicted octanol–water partition coefficient (Wildman–Crippen LogP) is 4.48. The fourth-order valence-corrected chi connectivity index (χ4v) is 4.48. The Balaban J connectivity index is 1.80. The number of rotatable bonds is 9. The lowest BCUT2D eigenvalue weighted by molar-refractivity contribution is -0.135. The first kappa shape index (κ1) is 23.4. The molecule has 0 aromatic heterocycles. The second-order valence-electron chi connectivity index (χ2n) is 9.03. The molecule has 31 heavy (non-hydrogen) atoms. The Labute approximate surface area is 186 Å². The summed E-state index contributed by atoms with van der Waals surface area (Å²) in [7, 11) is 1.66. The number of amides is 1. The summed E-state index contributed by atoms with van der Waals surface area (Å²) >= 11 is 0. The highest BCUT2D eigenvalue weighted by Gasteiger charge is 2.36. The maximum absolute atomic E-state index is 14.0. The monoisotopic (exact) mass is 426 g/mol. The Morgan fingerprint density at radius 1 is 1.19 bits per heavy atom. The second kappa shape index (κ2) is 10.9. The van der Waals surface area contributed by atoms with Crippen LogP contribution in [-0.4, -0.2) is 55.6 Å². The SMILES string of the molecule is COCCN(C[C@@H]1CN(Cc2ccc(C)cc2)C[C@H]1c1cccc(F)c1)C(=O)C(C)C. The predicted molar refractivity (Wildman–Crippen MR) is 122 cm³/mol. The molecular weight excluding hydrogens is 391 g/mol. The first-order valence-electron chi connectivity index (χ1n) is 11.2. The molecular formula is C26H35FN2O2. The average Bonchev–Trinajstić information content (AvgIpc) is 3.14. The average molecular weight is 427 g/mol. The van der Waals surface area contributed by atoms with Gasteiger partial charge < -0.3 is 9.64 Å². The smallest absolute Gasteiger partial charge is 0.225 e. The molecule has 0 N–H and O–H groups in total. The van der Waals surface area contributed by atoms with Crippen molar-refractivity contribution < 1.29 is 13.9 Å². The molecule has 1 fully saturated rings. The molecule has 0 aliphatic carbocycles. The van der Waals surface area contributed by atoms with E-state index in [0.29, 0.717) is 19.7 Å². The topological polar surface area (TPSA) is 32.8 Å². The number of ether oxygens (including phenoxy) is 1. The van der Waals surface area contributed by atoms with Gasteiger partial charge in [-0.1, -0.05) is 55.8 Å². The second-order valence-corrected chi connectivity index (χ2v) is 9.03. The molecule has 5 heteroatoms. The summed E-state index contributed by atoms with van der Waals surface area (Å²) in [6.45, 7) is 10.3. The van der Waals surface area contributed by atoms with Crippen LogP contribution in [-0.2, 0) is 16.1 Å². The van der Waals surface area contributed by atoms with E-state index in [-0.39, 0.29) is 29.5 Å². The van der Waals surface area contributed by atoms with Gasteiger partial charge in [-0.2, -0.15) is 0 Å². The molecule has 1 aliphatic rings. The molecule has 2 atom stereocenters. The third-order valence-corrected chi connectivity index (χ3v) is 6.15. The van der Waals surface area contributed by atoms with Gasteiger partial charge in [0, 0.05) is 51.7 Å². The summed E-state index contributed by atoms with van der Waals surface area (Å²) in [4.78, 5) is 17.2. The molecule has 0 unspecified atom stereocenters. The number of aryl methyl sites for hydroxylation is 1. The normalized spacial score (nSPS) is 19.2. The number of halogens is 1. The van der Waals surface area contributed by atoms with Crippen molar-refractivity contribution in [2.45, 2.75) is 33.2 Å². The van der Waals surface area contributed by atoms with Crippen LogP contribution in [0, 0.1) is 24.6 Å². The van der Waals surface area contributed by atoms with Gasteiger partial charge in [-0.3, -0.25) is 9.69 Å². The molecule has 0 saturated carbocycles. The van der Waals surface area contributed by atoms with Crippen molar-refractivity contribution in [1.29, 1.82) is 0 Å². The summed E-state index contributed by atoms with van der Waals surface area (Å²) in [6.07, 6.45) is 0. The molecule has 0 spiro atoms. The lowest BCUT2D eigenvalue weighted by atomic mass is 9.88. The van der Waals surface area contributed by atoms with Crippen LogP contribution in [0.25, 0.3) is 0 Å². The van der Waals surface area contributed by atoms with Crippen LogP contribution in [0.2, 0.25) is 0 Å². The number of nitrogens with zero attached hydrogens (tertiary/aromatic N) is 2. The van der Waals surface area contributed by atoms with Crippen molar-refractivity contribution in [2.24, 2.45) is 11.8 Å². The maximum Gasteiger partial charge on any atom is 0.225 e. The summed E-state index contributed by atoms with van der Waals surface area (Å²) in [5.41, 5.74) is 3.54. The van der Waals surface area contributed by atoms with Crippen LogP contribution < -0.4 is 0 Å². The third kappa shape index (κ3) is 6.37. The highest BCUT2D eigenvalue weighted by molar-refractivity contribution is 5.78. The zero-order valence-electron chi connectivity index (χ0n) is 19.2. The number of methoxy groups -OCH3 is 1. The molecule has 0 radical (unpaired) electrons. The van der Waals surface area contributed by atoms with E-state index in [1.165, 1.54) is 17.2 Å². The number of benzene rings is 2. The van der Waals surface area contributed by atoms with E-state index in [2.05, 4.69) is 36.1 Å². The number of hydrogen-bond acceptors (Lipinski definition) is 3. The van der Waals surface area contributed by atoms with Gasteiger partial charge in [-0.15, -0.1) is 0 Å². The third-order valence-electron chi connectivity index (χ3n) is 6.15. The number of likely N-dealkylation sites (tertiary alicyclic amines) is 1. The molecule has 1 saturated heterocycles. The zero-order valence-corrected chi connectivity index (χ0v) is 19.2. The van der Waals surface area contributed by atoms with E-state index in [9.17, 15) is 9.18 Å². The molecule has 2 aromatic carbocycles. The van der Waals surface area contributed by atoms with E-state index in [0.717, 1.165) is 25.2 Å². The van der Waals surface area contributed by atoms with Gasteiger partial charge in [0.15, 0.2) is 0 Å². The van der Waals surface area contributed by atoms with Crippen molar-refractivity contribution >= 4 is 5.91 Å². The summed E-state index contributed by atoms with van der Waals surface area (Å²) < 4.78 is 19.2. The van der Waals surface area contributed by atoms with Gasteiger partial charge in [0.25, 0.3) is 0 Å². The lowest BCUT2D eigenvalue weighted by Crippen LogP contribution is -2.41. The van der Waals surface area contributed by atoms with Gasteiger partial charge in [-0.25, -0.2) is 4.39 Å². The van der Waals surface area contributed by atoms with E-state index >= 15 is 0 Å². The Kier molecular flexibility index (Phi) is 8.22. The quantitative estimate of drug-likeness (QED) is 0.593. The van der Waals surface area contributed by atoms with Gasteiger partial charge in [0.2, 0.25) is 5.91 Å². The van der Waals surface area contributed by atoms with Crippen LogP contribution in [0.4, 0.5) is 4.39 Å². The molecule has 0 bridgehead atoms. The Morgan fingerprint density at radius 2 is 1.94 bits per heavy atom. The van der Waals surface area contributed by atoms with Gasteiger partial charge in [0.1, 0.15) is 5.82 Å². The van der Waals surface area contributed by atoms with Crippen molar-refractivity contribution in [2.75, 3.05) is 39.9 Å². The first-order chi connectivity index (χ1) is 14.9. The fraction of sp³-hybridized carbons (Fsp3) is 0.500. The summed E-state index contributed by atoms with van der Waals surface area (Å²) in [6, 6.07) is 15.6. The van der Waals surface area contributed by atoms with Crippen LogP contribution in [0.3, 0.4) is 0 Å². The van der Waals surface area contributed by atoms with Gasteiger partial charge >= 0.3 is 0 Å². The Hall–Kier alpha value is -2.24. The number of carbonyl (C=O) groups is 1. The summed E-state index contributed by atoms with van der Waals surface area (Å²) in [5, 5.41) is 0. The molecule has 168 valence electrons. The van der Waals surface area contributed by atoms with Crippen molar-refractivity contribution in [3.05, 3.63) is 71.0 Å². The van der Waals surface area contributed by atoms with Crippen molar-refractivity contribution in [3.63, 3.8) is 0 Å². The maximum atomic E-state index is 14.0. The Bertz CT molecular complexity index is 853. The zero-order chi connectivity index (χ0) is 22.4. The van der Waals surface area contributed by atoms with Crippen molar-refractivity contribution in [1.82, 2.24) is 9.80 Å². The fourth-order valence-electron chi connectivity index (χ4n) is 4.48. The molecule has 1 aliphatic heterocycles. The highest BCUT2D eigenvalue weighted by Crippen LogP contribution is 2.34. The minimum absolute atomic E-state index is 0.0606. The number of carbonyl (C=O) groups excluding carboxylic acids is 1. The van der Waals surface area contributed by atoms with Crippen LogP contribution in [0.15, 0.2) is 48.5 Å². The van der Waals surface area contributed by atoms with Crippen LogP contribution >= 0.6 is 0 Å². The first-order valence-corrected chi connectivity index (χ1v) is 11.2. The minimum atomic E-state index is -0.206. The molecule has 1 amide bonds. The van der Waals surface area contributed by atoms with Crippen molar-refractivity contribution in [3.8, 4) is 0 Å². The van der Waals surface area contributed by atoms with Crippen LogP contribution in [0.5, 0.6) is 0 Å². The molecule has 4 nitrogen and oxygen atoms in total. The van der Waals surface area contributed by atoms with Gasteiger partial charge in [-0.05, 0) is 36.1 Å². The van der Waals surface area contributed by atoms with E-state index in [4.69, 9.17) is 4.74 Å². The number of hydrogen-bond donors (Lipinski definition) is 0. The van der Waals surface area contributed by atoms with Gasteiger partial charge in [0.05, 0.1) is 6.61 Å². The van der Waals surface area contributed by atoms with E-state index < -0.39 is 0 Å².